The summed E-state index contributed by atoms with van der Waals surface area (Å²) in [6.07, 6.45) is 1.55. The first kappa shape index (κ1) is 18.9. The Hall–Kier alpha value is -1.91. The van der Waals surface area contributed by atoms with Crippen molar-refractivity contribution in [1.29, 1.82) is 0 Å². The number of nitrogens with zero attached hydrogens (tertiary/aromatic N) is 1. The number of likely N-dealkylation sites (tertiary alicyclic amines) is 1. The number of piperidine rings is 1. The average molecular weight is 375 g/mol. The first-order valence-electron chi connectivity index (χ1n) is 9.05. The molecule has 1 aliphatic heterocycles. The number of hydrogen-bond acceptors (Lipinski definition) is 2. The first-order valence-corrected chi connectivity index (χ1v) is 9.43. The van der Waals surface area contributed by atoms with Gasteiger partial charge in [0.15, 0.2) is 0 Å². The Kier molecular flexibility index (Phi) is 6.28. The van der Waals surface area contributed by atoms with Crippen LogP contribution in [0.4, 0.5) is 4.39 Å². The molecule has 0 radical (unpaired) electrons. The zero-order valence-corrected chi connectivity index (χ0v) is 15.7. The van der Waals surface area contributed by atoms with Gasteiger partial charge in [-0.1, -0.05) is 48.0 Å². The summed E-state index contributed by atoms with van der Waals surface area (Å²) in [5.41, 5.74) is 1.64. The summed E-state index contributed by atoms with van der Waals surface area (Å²) in [7, 11) is 0. The highest BCUT2D eigenvalue weighted by Crippen LogP contribution is 2.25. The van der Waals surface area contributed by atoms with Crippen LogP contribution in [0.25, 0.3) is 0 Å². The van der Waals surface area contributed by atoms with Gasteiger partial charge in [0.2, 0.25) is 5.91 Å². The summed E-state index contributed by atoms with van der Waals surface area (Å²) < 4.78 is 13.9. The molecule has 138 valence electrons. The minimum Gasteiger partial charge on any atom is -0.349 e. The summed E-state index contributed by atoms with van der Waals surface area (Å²) in [5, 5.41) is 3.57. The van der Waals surface area contributed by atoms with Crippen LogP contribution in [-0.2, 0) is 11.3 Å². The van der Waals surface area contributed by atoms with E-state index in [-0.39, 0.29) is 23.7 Å². The first-order chi connectivity index (χ1) is 12.5. The van der Waals surface area contributed by atoms with Crippen LogP contribution in [0.15, 0.2) is 48.5 Å². The van der Waals surface area contributed by atoms with Gasteiger partial charge < -0.3 is 5.32 Å². The van der Waals surface area contributed by atoms with Crippen LogP contribution in [0.1, 0.15) is 36.9 Å². The van der Waals surface area contributed by atoms with Crippen molar-refractivity contribution >= 4 is 17.5 Å². The van der Waals surface area contributed by atoms with E-state index >= 15 is 0 Å². The van der Waals surface area contributed by atoms with Gasteiger partial charge in [-0.3, -0.25) is 9.69 Å². The minimum absolute atomic E-state index is 0.000971. The monoisotopic (exact) mass is 374 g/mol. The smallest absolute Gasteiger partial charge is 0.223 e. The summed E-state index contributed by atoms with van der Waals surface area (Å²) >= 11 is 6.11. The predicted octanol–water partition coefficient (Wildman–Crippen LogP) is 4.57. The summed E-state index contributed by atoms with van der Waals surface area (Å²) in [5.74, 6) is -0.160. The molecule has 1 fully saturated rings. The van der Waals surface area contributed by atoms with Crippen LogP contribution in [0, 0.1) is 11.7 Å². The Labute approximate surface area is 159 Å². The zero-order chi connectivity index (χ0) is 18.5. The van der Waals surface area contributed by atoms with Gasteiger partial charge in [-0.2, -0.15) is 0 Å². The number of benzene rings is 2. The second-order valence-electron chi connectivity index (χ2n) is 6.89. The van der Waals surface area contributed by atoms with Crippen molar-refractivity contribution < 1.29 is 9.18 Å². The average Bonchev–Trinajstić information content (AvgIpc) is 2.66. The molecule has 5 heteroatoms. The molecule has 0 aliphatic carbocycles. The molecule has 3 rings (SSSR count). The summed E-state index contributed by atoms with van der Waals surface area (Å²) in [4.78, 5) is 14.7. The van der Waals surface area contributed by atoms with Crippen LogP contribution >= 0.6 is 11.6 Å². The van der Waals surface area contributed by atoms with Crippen molar-refractivity contribution in [2.45, 2.75) is 32.4 Å². The van der Waals surface area contributed by atoms with Gasteiger partial charge in [0.25, 0.3) is 0 Å². The molecule has 0 bridgehead atoms. The van der Waals surface area contributed by atoms with E-state index in [1.165, 1.54) is 6.07 Å². The molecule has 1 saturated heterocycles. The number of rotatable bonds is 5. The van der Waals surface area contributed by atoms with E-state index in [4.69, 9.17) is 11.6 Å². The SMILES string of the molecule is C[C@@H](NC(=O)C1CCN(Cc2c(F)cccc2Cl)CC1)c1ccccc1. The Bertz CT molecular complexity index is 725. The third-order valence-corrected chi connectivity index (χ3v) is 5.41. The number of halogens is 2. The third kappa shape index (κ3) is 4.63. The molecule has 3 nitrogen and oxygen atoms in total. The maximum absolute atomic E-state index is 13.9. The Balaban J connectivity index is 1.51. The molecule has 1 N–H and O–H groups in total. The number of nitrogens with one attached hydrogen (secondary N) is 1. The highest BCUT2D eigenvalue weighted by atomic mass is 35.5. The molecule has 0 saturated carbocycles. The topological polar surface area (TPSA) is 32.3 Å². The van der Waals surface area contributed by atoms with Gasteiger partial charge in [0.05, 0.1) is 6.04 Å². The molecular formula is C21H24ClFN2O. The second kappa shape index (κ2) is 8.65. The van der Waals surface area contributed by atoms with E-state index in [1.54, 1.807) is 12.1 Å². The van der Waals surface area contributed by atoms with Crippen molar-refractivity contribution in [3.63, 3.8) is 0 Å². The van der Waals surface area contributed by atoms with Crippen molar-refractivity contribution in [3.8, 4) is 0 Å². The zero-order valence-electron chi connectivity index (χ0n) is 14.9. The fraction of sp³-hybridized carbons (Fsp3) is 0.381. The predicted molar refractivity (Wildman–Crippen MR) is 102 cm³/mol. The van der Waals surface area contributed by atoms with E-state index in [0.29, 0.717) is 17.1 Å². The van der Waals surface area contributed by atoms with Gasteiger partial charge in [0, 0.05) is 23.0 Å². The second-order valence-corrected chi connectivity index (χ2v) is 7.30. The normalized spacial score (nSPS) is 17.0. The van der Waals surface area contributed by atoms with Gasteiger partial charge in [-0.05, 0) is 50.6 Å². The lowest BCUT2D eigenvalue weighted by Gasteiger charge is -2.32. The van der Waals surface area contributed by atoms with E-state index in [0.717, 1.165) is 31.5 Å². The van der Waals surface area contributed by atoms with Crippen LogP contribution in [0.3, 0.4) is 0 Å². The third-order valence-electron chi connectivity index (χ3n) is 5.06. The molecule has 1 atom stereocenters. The van der Waals surface area contributed by atoms with Gasteiger partial charge in [0.1, 0.15) is 5.82 Å². The molecule has 0 spiro atoms. The van der Waals surface area contributed by atoms with Crippen LogP contribution in [0.5, 0.6) is 0 Å². The molecule has 2 aromatic rings. The van der Waals surface area contributed by atoms with Crippen LogP contribution in [-0.4, -0.2) is 23.9 Å². The number of carbonyl (C=O) groups excluding carboxylic acids is 1. The Morgan fingerprint density at radius 3 is 2.54 bits per heavy atom. The molecule has 26 heavy (non-hydrogen) atoms. The van der Waals surface area contributed by atoms with E-state index in [9.17, 15) is 9.18 Å². The van der Waals surface area contributed by atoms with E-state index in [1.807, 2.05) is 37.3 Å². The Morgan fingerprint density at radius 1 is 1.19 bits per heavy atom. The van der Waals surface area contributed by atoms with Gasteiger partial charge in [-0.15, -0.1) is 0 Å². The van der Waals surface area contributed by atoms with Gasteiger partial charge >= 0.3 is 0 Å². The van der Waals surface area contributed by atoms with Crippen LogP contribution < -0.4 is 5.32 Å². The van der Waals surface area contributed by atoms with Crippen molar-refractivity contribution in [2.24, 2.45) is 5.92 Å². The van der Waals surface area contributed by atoms with Crippen molar-refractivity contribution in [3.05, 3.63) is 70.5 Å². The molecule has 0 unspecified atom stereocenters. The summed E-state index contributed by atoms with van der Waals surface area (Å²) in [6, 6.07) is 14.7. The quantitative estimate of drug-likeness (QED) is 0.831. The van der Waals surface area contributed by atoms with E-state index in [2.05, 4.69) is 10.2 Å². The molecule has 1 amide bonds. The maximum Gasteiger partial charge on any atom is 0.223 e. The largest absolute Gasteiger partial charge is 0.349 e. The minimum atomic E-state index is -0.269. The van der Waals surface area contributed by atoms with Crippen molar-refractivity contribution in [1.82, 2.24) is 10.2 Å². The van der Waals surface area contributed by atoms with Gasteiger partial charge in [-0.25, -0.2) is 4.39 Å². The summed E-state index contributed by atoms with van der Waals surface area (Å²) in [6.45, 7) is 4.02. The number of amides is 1. The molecule has 1 heterocycles. The van der Waals surface area contributed by atoms with Crippen LogP contribution in [0.2, 0.25) is 5.02 Å². The number of hydrogen-bond donors (Lipinski definition) is 1. The van der Waals surface area contributed by atoms with Crippen molar-refractivity contribution in [2.75, 3.05) is 13.1 Å². The van der Waals surface area contributed by atoms with E-state index < -0.39 is 0 Å². The number of carbonyl (C=O) groups is 1. The highest BCUT2D eigenvalue weighted by Gasteiger charge is 2.26. The fourth-order valence-electron chi connectivity index (χ4n) is 3.42. The lowest BCUT2D eigenvalue weighted by atomic mass is 9.95. The molecular weight excluding hydrogens is 351 g/mol. The highest BCUT2D eigenvalue weighted by molar-refractivity contribution is 6.31. The fourth-order valence-corrected chi connectivity index (χ4v) is 3.64. The maximum atomic E-state index is 13.9. The molecule has 1 aliphatic rings. The lowest BCUT2D eigenvalue weighted by molar-refractivity contribution is -0.127. The Morgan fingerprint density at radius 2 is 1.88 bits per heavy atom. The lowest BCUT2D eigenvalue weighted by Crippen LogP contribution is -2.41. The molecule has 2 aromatic carbocycles. The molecule has 0 aromatic heterocycles. The standard InChI is InChI=1S/C21H24ClFN2O/c1-15(16-6-3-2-4-7-16)24-21(26)17-10-12-25(13-11-17)14-18-19(22)8-5-9-20(18)23/h2-9,15,17H,10-14H2,1H3,(H,24,26)/t15-/m1/s1.